The number of nitrogens with zero attached hydrogens (tertiary/aromatic N) is 3. The zero-order chi connectivity index (χ0) is 19.5. The van der Waals surface area contributed by atoms with Crippen LogP contribution >= 0.6 is 0 Å². The molecule has 0 unspecified atom stereocenters. The highest BCUT2D eigenvalue weighted by atomic mass is 19.1. The summed E-state index contributed by atoms with van der Waals surface area (Å²) in [6.07, 6.45) is 3.26. The Bertz CT molecular complexity index is 1050. The maximum absolute atomic E-state index is 13.8. The fourth-order valence-electron chi connectivity index (χ4n) is 3.32. The van der Waals surface area contributed by atoms with Gasteiger partial charge in [-0.1, -0.05) is 24.8 Å². The van der Waals surface area contributed by atoms with E-state index in [0.717, 1.165) is 0 Å². The van der Waals surface area contributed by atoms with Gasteiger partial charge in [-0.05, 0) is 36.3 Å². The lowest BCUT2D eigenvalue weighted by Crippen LogP contribution is -2.36. The molecule has 0 fully saturated rings. The fourth-order valence-corrected chi connectivity index (χ4v) is 3.32. The molecule has 1 aliphatic heterocycles. The van der Waals surface area contributed by atoms with Crippen LogP contribution in [0.5, 0.6) is 5.75 Å². The molecule has 1 N–H and O–H groups in total. The number of hydrogen-bond acceptors (Lipinski definition) is 5. The molecule has 0 saturated carbocycles. The lowest BCUT2D eigenvalue weighted by Gasteiger charge is -2.29. The number of ether oxygens (including phenoxy) is 1. The van der Waals surface area contributed by atoms with Crippen LogP contribution in [0.4, 0.5) is 15.9 Å². The molecular formula is C21H19FN4O2. The Morgan fingerprint density at radius 3 is 2.96 bits per heavy atom. The summed E-state index contributed by atoms with van der Waals surface area (Å²) in [7, 11) is 0. The molecule has 1 aliphatic rings. The lowest BCUT2D eigenvalue weighted by molar-refractivity contribution is -0.114. The number of aromatic nitrogens is 2. The molecular weight excluding hydrogens is 359 g/mol. The lowest BCUT2D eigenvalue weighted by atomic mass is 10.1. The predicted octanol–water partition coefficient (Wildman–Crippen LogP) is 3.33. The number of rotatable bonds is 5. The van der Waals surface area contributed by atoms with Gasteiger partial charge in [0.15, 0.2) is 5.75 Å². The topological polar surface area (TPSA) is 67.4 Å². The molecule has 1 amide bonds. The average molecular weight is 378 g/mol. The van der Waals surface area contributed by atoms with Gasteiger partial charge in [-0.25, -0.2) is 14.4 Å². The Hall–Kier alpha value is -3.48. The van der Waals surface area contributed by atoms with Crippen molar-refractivity contribution in [1.82, 2.24) is 9.97 Å². The first-order chi connectivity index (χ1) is 13.7. The zero-order valence-electron chi connectivity index (χ0n) is 15.2. The van der Waals surface area contributed by atoms with E-state index in [1.54, 1.807) is 17.0 Å². The molecule has 4 rings (SSSR count). The first-order valence-electron chi connectivity index (χ1n) is 9.01. The monoisotopic (exact) mass is 378 g/mol. The van der Waals surface area contributed by atoms with Gasteiger partial charge in [-0.3, -0.25) is 4.79 Å². The standard InChI is InChI=1S/C21H19FN4O2/c1-2-18(27)26-11-12-28-20-17(26)8-7-16-19(20)21(25-13-24-16)23-10-9-14-5-3-4-6-15(14)22/h2-8,13H,1,9-12H2,(H,23,24,25). The Morgan fingerprint density at radius 2 is 2.14 bits per heavy atom. The summed E-state index contributed by atoms with van der Waals surface area (Å²) in [5.41, 5.74) is 2.00. The largest absolute Gasteiger partial charge is 0.489 e. The van der Waals surface area contributed by atoms with Crippen LogP contribution in [0.15, 0.2) is 55.4 Å². The van der Waals surface area contributed by atoms with Gasteiger partial charge in [0.1, 0.15) is 24.6 Å². The van der Waals surface area contributed by atoms with Crippen LogP contribution < -0.4 is 15.0 Å². The molecule has 142 valence electrons. The van der Waals surface area contributed by atoms with E-state index in [0.29, 0.717) is 59.8 Å². The normalized spacial score (nSPS) is 13.0. The van der Waals surface area contributed by atoms with Gasteiger partial charge < -0.3 is 15.0 Å². The van der Waals surface area contributed by atoms with Gasteiger partial charge in [-0.15, -0.1) is 0 Å². The Kier molecular flexibility index (Phi) is 4.89. The minimum atomic E-state index is -0.226. The van der Waals surface area contributed by atoms with E-state index in [9.17, 15) is 9.18 Å². The Morgan fingerprint density at radius 1 is 1.29 bits per heavy atom. The molecule has 0 radical (unpaired) electrons. The third-order valence-corrected chi connectivity index (χ3v) is 4.67. The Balaban J connectivity index is 1.66. The van der Waals surface area contributed by atoms with E-state index >= 15 is 0 Å². The molecule has 0 atom stereocenters. The SMILES string of the molecule is C=CC(=O)N1CCOc2c1ccc1ncnc(NCCc3ccccc3F)c21. The van der Waals surface area contributed by atoms with Crippen LogP contribution in [0.1, 0.15) is 5.56 Å². The van der Waals surface area contributed by atoms with Crippen molar-refractivity contribution < 1.29 is 13.9 Å². The second-order valence-electron chi connectivity index (χ2n) is 6.34. The van der Waals surface area contributed by atoms with E-state index in [1.807, 2.05) is 18.2 Å². The van der Waals surface area contributed by atoms with Gasteiger partial charge in [0, 0.05) is 6.54 Å². The highest BCUT2D eigenvalue weighted by Gasteiger charge is 2.25. The summed E-state index contributed by atoms with van der Waals surface area (Å²) in [5, 5.41) is 3.95. The van der Waals surface area contributed by atoms with Crippen LogP contribution in [-0.4, -0.2) is 35.6 Å². The van der Waals surface area contributed by atoms with Crippen LogP contribution in [0.3, 0.4) is 0 Å². The van der Waals surface area contributed by atoms with Crippen molar-refractivity contribution in [3.05, 3.63) is 66.8 Å². The summed E-state index contributed by atoms with van der Waals surface area (Å²) in [4.78, 5) is 22.5. The number of fused-ring (bicyclic) bond motifs is 3. The molecule has 6 nitrogen and oxygen atoms in total. The molecule has 2 aromatic carbocycles. The van der Waals surface area contributed by atoms with E-state index < -0.39 is 0 Å². The van der Waals surface area contributed by atoms with Crippen molar-refractivity contribution in [2.75, 3.05) is 29.9 Å². The molecule has 0 spiro atoms. The summed E-state index contributed by atoms with van der Waals surface area (Å²) in [6.45, 7) is 4.88. The third-order valence-electron chi connectivity index (χ3n) is 4.67. The molecule has 7 heteroatoms. The maximum Gasteiger partial charge on any atom is 0.250 e. The van der Waals surface area contributed by atoms with Crippen LogP contribution in [0.25, 0.3) is 10.9 Å². The summed E-state index contributed by atoms with van der Waals surface area (Å²) < 4.78 is 19.7. The molecule has 0 aliphatic carbocycles. The first-order valence-corrected chi connectivity index (χ1v) is 9.01. The second-order valence-corrected chi connectivity index (χ2v) is 6.34. The third kappa shape index (κ3) is 3.26. The van der Waals surface area contributed by atoms with E-state index in [2.05, 4.69) is 21.9 Å². The second kappa shape index (κ2) is 7.64. The van der Waals surface area contributed by atoms with Crippen LogP contribution in [0.2, 0.25) is 0 Å². The fraction of sp³-hybridized carbons (Fsp3) is 0.190. The quantitative estimate of drug-likeness (QED) is 0.690. The molecule has 2 heterocycles. The van der Waals surface area contributed by atoms with Crippen molar-refractivity contribution >= 4 is 28.3 Å². The smallest absolute Gasteiger partial charge is 0.250 e. The highest BCUT2D eigenvalue weighted by molar-refractivity contribution is 6.07. The van der Waals surface area contributed by atoms with Gasteiger partial charge in [0.25, 0.3) is 5.91 Å². The number of carbonyl (C=O) groups is 1. The van der Waals surface area contributed by atoms with Gasteiger partial charge in [0.05, 0.1) is 23.1 Å². The van der Waals surface area contributed by atoms with Crippen molar-refractivity contribution in [1.29, 1.82) is 0 Å². The van der Waals surface area contributed by atoms with Crippen molar-refractivity contribution in [2.45, 2.75) is 6.42 Å². The van der Waals surface area contributed by atoms with Crippen molar-refractivity contribution in [3.63, 3.8) is 0 Å². The summed E-state index contributed by atoms with van der Waals surface area (Å²) >= 11 is 0. The van der Waals surface area contributed by atoms with Crippen molar-refractivity contribution in [2.24, 2.45) is 0 Å². The molecule has 0 bridgehead atoms. The van der Waals surface area contributed by atoms with Gasteiger partial charge in [-0.2, -0.15) is 0 Å². The summed E-state index contributed by atoms with van der Waals surface area (Å²) in [5.74, 6) is 0.741. The number of benzene rings is 2. The molecule has 1 aromatic heterocycles. The van der Waals surface area contributed by atoms with Gasteiger partial charge in [0.2, 0.25) is 0 Å². The minimum Gasteiger partial charge on any atom is -0.489 e. The molecule has 0 saturated heterocycles. The average Bonchev–Trinajstić information content (AvgIpc) is 2.74. The number of anilines is 2. The minimum absolute atomic E-state index is 0.185. The number of nitrogens with one attached hydrogen (secondary N) is 1. The molecule has 28 heavy (non-hydrogen) atoms. The van der Waals surface area contributed by atoms with E-state index in [-0.39, 0.29) is 11.7 Å². The number of carbonyl (C=O) groups excluding carboxylic acids is 1. The van der Waals surface area contributed by atoms with Gasteiger partial charge >= 0.3 is 0 Å². The highest BCUT2D eigenvalue weighted by Crippen LogP contribution is 2.40. The van der Waals surface area contributed by atoms with Crippen molar-refractivity contribution in [3.8, 4) is 5.75 Å². The van der Waals surface area contributed by atoms with E-state index in [4.69, 9.17) is 4.74 Å². The number of halogens is 1. The molecule has 3 aromatic rings. The Labute approximate surface area is 161 Å². The maximum atomic E-state index is 13.8. The number of hydrogen-bond donors (Lipinski definition) is 1. The summed E-state index contributed by atoms with van der Waals surface area (Å²) in [6, 6.07) is 10.3. The number of amides is 1. The van der Waals surface area contributed by atoms with Crippen LogP contribution in [0, 0.1) is 5.82 Å². The predicted molar refractivity (Wildman–Crippen MR) is 106 cm³/mol. The van der Waals surface area contributed by atoms with Crippen LogP contribution in [-0.2, 0) is 11.2 Å². The first kappa shape index (κ1) is 17.9. The van der Waals surface area contributed by atoms with E-state index in [1.165, 1.54) is 18.5 Å². The zero-order valence-corrected chi connectivity index (χ0v) is 15.2.